The lowest BCUT2D eigenvalue weighted by Crippen LogP contribution is -2.26. The van der Waals surface area contributed by atoms with Gasteiger partial charge in [0.15, 0.2) is 0 Å². The molecule has 2 atom stereocenters. The Morgan fingerprint density at radius 2 is 2.39 bits per heavy atom. The van der Waals surface area contributed by atoms with Crippen molar-refractivity contribution in [2.24, 2.45) is 5.92 Å². The standard InChI is InChI=1S/C12H17N3O3/c1-8-6-13-12(5-11(8)15(17)18)14-10-4-2-3-9(10)7-16/h5-6,9-10,16H,2-4,7H2,1H3,(H,13,14). The maximum absolute atomic E-state index is 10.8. The smallest absolute Gasteiger partial charge is 0.277 e. The zero-order chi connectivity index (χ0) is 13.1. The van der Waals surface area contributed by atoms with E-state index >= 15 is 0 Å². The lowest BCUT2D eigenvalue weighted by Gasteiger charge is -2.19. The Kier molecular flexibility index (Phi) is 3.76. The number of aliphatic hydroxyl groups excluding tert-OH is 1. The van der Waals surface area contributed by atoms with Crippen LogP contribution in [0.1, 0.15) is 24.8 Å². The van der Waals surface area contributed by atoms with E-state index in [1.807, 2.05) is 0 Å². The molecule has 1 aromatic heterocycles. The van der Waals surface area contributed by atoms with Gasteiger partial charge in [0.05, 0.1) is 11.0 Å². The normalized spacial score (nSPS) is 23.0. The van der Waals surface area contributed by atoms with Crippen LogP contribution in [0.4, 0.5) is 11.5 Å². The van der Waals surface area contributed by atoms with Gasteiger partial charge in [-0.1, -0.05) is 6.42 Å². The summed E-state index contributed by atoms with van der Waals surface area (Å²) in [6.45, 7) is 1.81. The van der Waals surface area contributed by atoms with Crippen LogP contribution in [0.15, 0.2) is 12.3 Å². The Hall–Kier alpha value is -1.69. The van der Waals surface area contributed by atoms with Gasteiger partial charge in [0, 0.05) is 30.3 Å². The number of pyridine rings is 1. The summed E-state index contributed by atoms with van der Waals surface area (Å²) in [7, 11) is 0. The van der Waals surface area contributed by atoms with Crippen LogP contribution in [-0.2, 0) is 0 Å². The quantitative estimate of drug-likeness (QED) is 0.630. The lowest BCUT2D eigenvalue weighted by molar-refractivity contribution is -0.385. The summed E-state index contributed by atoms with van der Waals surface area (Å²) in [6, 6.07) is 1.62. The van der Waals surface area contributed by atoms with Crippen LogP contribution in [0.2, 0.25) is 0 Å². The molecule has 0 spiro atoms. The number of anilines is 1. The summed E-state index contributed by atoms with van der Waals surface area (Å²) < 4.78 is 0. The summed E-state index contributed by atoms with van der Waals surface area (Å²) in [5.41, 5.74) is 0.627. The van der Waals surface area contributed by atoms with Crippen LogP contribution in [0.5, 0.6) is 0 Å². The van der Waals surface area contributed by atoms with Gasteiger partial charge in [0.1, 0.15) is 5.82 Å². The number of hydrogen-bond donors (Lipinski definition) is 2. The number of hydrogen-bond acceptors (Lipinski definition) is 5. The Morgan fingerprint density at radius 3 is 3.06 bits per heavy atom. The van der Waals surface area contributed by atoms with Gasteiger partial charge in [0.2, 0.25) is 0 Å². The molecule has 0 aliphatic heterocycles. The predicted molar refractivity (Wildman–Crippen MR) is 67.5 cm³/mol. The van der Waals surface area contributed by atoms with Crippen molar-refractivity contribution in [2.45, 2.75) is 32.2 Å². The fourth-order valence-corrected chi connectivity index (χ4v) is 2.42. The summed E-state index contributed by atoms with van der Waals surface area (Å²) in [5, 5.41) is 23.3. The summed E-state index contributed by atoms with van der Waals surface area (Å²) in [4.78, 5) is 14.6. The minimum absolute atomic E-state index is 0.0750. The lowest BCUT2D eigenvalue weighted by atomic mass is 10.1. The molecule has 1 aliphatic rings. The number of nitrogens with one attached hydrogen (secondary N) is 1. The van der Waals surface area contributed by atoms with Crippen molar-refractivity contribution in [3.05, 3.63) is 27.9 Å². The zero-order valence-electron chi connectivity index (χ0n) is 10.3. The molecule has 1 saturated carbocycles. The Bertz CT molecular complexity index is 450. The van der Waals surface area contributed by atoms with E-state index in [1.54, 1.807) is 6.92 Å². The maximum atomic E-state index is 10.8. The molecule has 2 rings (SSSR count). The van der Waals surface area contributed by atoms with Crippen molar-refractivity contribution >= 4 is 11.5 Å². The van der Waals surface area contributed by atoms with Gasteiger partial charge in [-0.15, -0.1) is 0 Å². The fourth-order valence-electron chi connectivity index (χ4n) is 2.42. The van der Waals surface area contributed by atoms with E-state index in [-0.39, 0.29) is 24.3 Å². The fraction of sp³-hybridized carbons (Fsp3) is 0.583. The van der Waals surface area contributed by atoms with Crippen LogP contribution in [0.25, 0.3) is 0 Å². The Morgan fingerprint density at radius 1 is 1.61 bits per heavy atom. The molecule has 1 heterocycles. The van der Waals surface area contributed by atoms with E-state index in [2.05, 4.69) is 10.3 Å². The van der Waals surface area contributed by atoms with Crippen molar-refractivity contribution in [3.8, 4) is 0 Å². The predicted octanol–water partition coefficient (Wildman–Crippen LogP) is 1.87. The second kappa shape index (κ2) is 5.30. The molecule has 98 valence electrons. The molecule has 2 unspecified atom stereocenters. The van der Waals surface area contributed by atoms with Crippen LogP contribution in [-0.4, -0.2) is 27.7 Å². The van der Waals surface area contributed by atoms with E-state index in [0.717, 1.165) is 19.3 Å². The second-order valence-corrected chi connectivity index (χ2v) is 4.74. The van der Waals surface area contributed by atoms with E-state index in [0.29, 0.717) is 11.4 Å². The molecule has 0 radical (unpaired) electrons. The molecule has 6 nitrogen and oxygen atoms in total. The number of nitro groups is 1. The van der Waals surface area contributed by atoms with Gasteiger partial charge in [-0.25, -0.2) is 4.98 Å². The van der Waals surface area contributed by atoms with E-state index < -0.39 is 4.92 Å². The molecule has 0 amide bonds. The average Bonchev–Trinajstić information content (AvgIpc) is 2.78. The summed E-state index contributed by atoms with van der Waals surface area (Å²) in [5.74, 6) is 0.727. The first-order valence-electron chi connectivity index (χ1n) is 6.10. The van der Waals surface area contributed by atoms with Crippen molar-refractivity contribution in [1.29, 1.82) is 0 Å². The van der Waals surface area contributed by atoms with Gasteiger partial charge < -0.3 is 10.4 Å². The molecule has 1 aliphatic carbocycles. The van der Waals surface area contributed by atoms with Crippen molar-refractivity contribution < 1.29 is 10.0 Å². The van der Waals surface area contributed by atoms with Crippen LogP contribution in [0.3, 0.4) is 0 Å². The first-order chi connectivity index (χ1) is 8.61. The van der Waals surface area contributed by atoms with Gasteiger partial charge >= 0.3 is 0 Å². The first-order valence-corrected chi connectivity index (χ1v) is 6.10. The molecule has 0 bridgehead atoms. The number of rotatable bonds is 4. The molecule has 18 heavy (non-hydrogen) atoms. The summed E-state index contributed by atoms with van der Waals surface area (Å²) in [6.07, 6.45) is 4.52. The zero-order valence-corrected chi connectivity index (χ0v) is 10.3. The van der Waals surface area contributed by atoms with Gasteiger partial charge in [0.25, 0.3) is 5.69 Å². The van der Waals surface area contributed by atoms with E-state index in [1.165, 1.54) is 12.3 Å². The molecule has 6 heteroatoms. The Labute approximate surface area is 105 Å². The number of aromatic nitrogens is 1. The van der Waals surface area contributed by atoms with Crippen LogP contribution < -0.4 is 5.32 Å². The third-order valence-electron chi connectivity index (χ3n) is 3.50. The third-order valence-corrected chi connectivity index (χ3v) is 3.50. The van der Waals surface area contributed by atoms with Gasteiger partial charge in [-0.05, 0) is 19.8 Å². The van der Waals surface area contributed by atoms with Crippen molar-refractivity contribution in [1.82, 2.24) is 4.98 Å². The topological polar surface area (TPSA) is 88.3 Å². The molecule has 2 N–H and O–H groups in total. The number of aryl methyl sites for hydroxylation is 1. The van der Waals surface area contributed by atoms with Crippen molar-refractivity contribution in [3.63, 3.8) is 0 Å². The monoisotopic (exact) mass is 251 g/mol. The average molecular weight is 251 g/mol. The molecular formula is C12H17N3O3. The minimum atomic E-state index is -0.402. The van der Waals surface area contributed by atoms with Crippen LogP contribution in [0, 0.1) is 23.0 Å². The SMILES string of the molecule is Cc1cnc(NC2CCCC2CO)cc1[N+](=O)[O-]. The molecule has 1 fully saturated rings. The summed E-state index contributed by atoms with van der Waals surface area (Å²) >= 11 is 0. The Balaban J connectivity index is 2.14. The molecule has 1 aromatic rings. The number of nitrogens with zero attached hydrogens (tertiary/aromatic N) is 2. The highest BCUT2D eigenvalue weighted by Crippen LogP contribution is 2.29. The minimum Gasteiger partial charge on any atom is -0.396 e. The van der Waals surface area contributed by atoms with E-state index in [4.69, 9.17) is 0 Å². The maximum Gasteiger partial charge on any atom is 0.277 e. The third kappa shape index (κ3) is 2.59. The molecular weight excluding hydrogens is 234 g/mol. The molecule has 0 aromatic carbocycles. The highest BCUT2D eigenvalue weighted by Gasteiger charge is 2.27. The first kappa shape index (κ1) is 12.8. The van der Waals surface area contributed by atoms with E-state index in [9.17, 15) is 15.2 Å². The number of aliphatic hydroxyl groups is 1. The largest absolute Gasteiger partial charge is 0.396 e. The van der Waals surface area contributed by atoms with Crippen LogP contribution >= 0.6 is 0 Å². The van der Waals surface area contributed by atoms with Gasteiger partial charge in [-0.3, -0.25) is 10.1 Å². The molecule has 0 saturated heterocycles. The van der Waals surface area contributed by atoms with Crippen molar-refractivity contribution in [2.75, 3.05) is 11.9 Å². The highest BCUT2D eigenvalue weighted by molar-refractivity contribution is 5.49. The van der Waals surface area contributed by atoms with Gasteiger partial charge in [-0.2, -0.15) is 0 Å². The second-order valence-electron chi connectivity index (χ2n) is 4.74. The highest BCUT2D eigenvalue weighted by atomic mass is 16.6.